The standard InChI is InChI=1S/C13H15N3O/c1-10(17)4-6-16-7-5-15-12-3-2-11(9-14)8-13(12)16/h2-3,8,15H,4-7H2,1H3. The van der Waals surface area contributed by atoms with Crippen LogP contribution in [0, 0.1) is 11.3 Å². The van der Waals surface area contributed by atoms with E-state index in [2.05, 4.69) is 16.3 Å². The van der Waals surface area contributed by atoms with Gasteiger partial charge in [-0.15, -0.1) is 0 Å². The molecule has 1 aromatic rings. The van der Waals surface area contributed by atoms with Crippen LogP contribution in [0.1, 0.15) is 18.9 Å². The molecular formula is C13H15N3O. The third-order valence-electron chi connectivity index (χ3n) is 2.90. The van der Waals surface area contributed by atoms with Gasteiger partial charge in [0.15, 0.2) is 0 Å². The maximum Gasteiger partial charge on any atom is 0.131 e. The Labute approximate surface area is 101 Å². The predicted molar refractivity (Wildman–Crippen MR) is 67.2 cm³/mol. The van der Waals surface area contributed by atoms with Gasteiger partial charge in [-0.3, -0.25) is 4.79 Å². The summed E-state index contributed by atoms with van der Waals surface area (Å²) < 4.78 is 0. The van der Waals surface area contributed by atoms with Crippen LogP contribution in [-0.2, 0) is 4.79 Å². The van der Waals surface area contributed by atoms with Gasteiger partial charge in [0.25, 0.3) is 0 Å². The van der Waals surface area contributed by atoms with Crippen molar-refractivity contribution in [1.29, 1.82) is 5.26 Å². The summed E-state index contributed by atoms with van der Waals surface area (Å²) >= 11 is 0. The average molecular weight is 229 g/mol. The van der Waals surface area contributed by atoms with Crippen LogP contribution >= 0.6 is 0 Å². The summed E-state index contributed by atoms with van der Waals surface area (Å²) in [6.45, 7) is 4.07. The SMILES string of the molecule is CC(=O)CCN1CCNc2ccc(C#N)cc21. The Kier molecular flexibility index (Phi) is 3.29. The van der Waals surface area contributed by atoms with E-state index in [1.165, 1.54) is 0 Å². The highest BCUT2D eigenvalue weighted by Crippen LogP contribution is 2.29. The number of nitriles is 1. The zero-order chi connectivity index (χ0) is 12.3. The van der Waals surface area contributed by atoms with Crippen LogP contribution in [0.15, 0.2) is 18.2 Å². The number of nitrogens with one attached hydrogen (secondary N) is 1. The highest BCUT2D eigenvalue weighted by atomic mass is 16.1. The maximum atomic E-state index is 11.0. The van der Waals surface area contributed by atoms with Gasteiger partial charge in [-0.05, 0) is 25.1 Å². The fourth-order valence-electron chi connectivity index (χ4n) is 1.98. The van der Waals surface area contributed by atoms with Crippen molar-refractivity contribution in [2.24, 2.45) is 0 Å². The number of anilines is 2. The maximum absolute atomic E-state index is 11.0. The molecule has 0 spiro atoms. The largest absolute Gasteiger partial charge is 0.382 e. The molecule has 1 aromatic carbocycles. The Morgan fingerprint density at radius 2 is 2.41 bits per heavy atom. The Morgan fingerprint density at radius 1 is 1.59 bits per heavy atom. The fourth-order valence-corrected chi connectivity index (χ4v) is 1.98. The third-order valence-corrected chi connectivity index (χ3v) is 2.90. The Balaban J connectivity index is 2.23. The molecule has 0 aliphatic carbocycles. The van der Waals surface area contributed by atoms with Gasteiger partial charge < -0.3 is 10.2 Å². The number of ketones is 1. The molecule has 4 heteroatoms. The molecule has 1 aliphatic rings. The molecule has 0 aromatic heterocycles. The van der Waals surface area contributed by atoms with E-state index in [0.717, 1.165) is 31.0 Å². The third kappa shape index (κ3) is 2.56. The molecule has 2 rings (SSSR count). The van der Waals surface area contributed by atoms with Gasteiger partial charge in [0.1, 0.15) is 5.78 Å². The lowest BCUT2D eigenvalue weighted by Gasteiger charge is -2.32. The first-order valence-corrected chi connectivity index (χ1v) is 5.73. The highest BCUT2D eigenvalue weighted by Gasteiger charge is 2.16. The van der Waals surface area contributed by atoms with Crippen LogP contribution in [0.4, 0.5) is 11.4 Å². The molecule has 1 heterocycles. The molecule has 4 nitrogen and oxygen atoms in total. The lowest BCUT2D eigenvalue weighted by molar-refractivity contribution is -0.116. The second kappa shape index (κ2) is 4.88. The first-order chi connectivity index (χ1) is 8.20. The highest BCUT2D eigenvalue weighted by molar-refractivity contribution is 5.78. The number of Topliss-reactive ketones (excluding diaryl/α,β-unsaturated/α-hetero) is 1. The number of fused-ring (bicyclic) bond motifs is 1. The lowest BCUT2D eigenvalue weighted by Crippen LogP contribution is -2.35. The molecule has 0 saturated carbocycles. The van der Waals surface area contributed by atoms with Crippen LogP contribution in [0.2, 0.25) is 0 Å². The molecule has 1 aliphatic heterocycles. The molecule has 0 atom stereocenters. The predicted octanol–water partition coefficient (Wildman–Crippen LogP) is 1.77. The first-order valence-electron chi connectivity index (χ1n) is 5.73. The molecule has 17 heavy (non-hydrogen) atoms. The number of nitrogens with zero attached hydrogens (tertiary/aromatic N) is 2. The van der Waals surface area contributed by atoms with Crippen LogP contribution < -0.4 is 10.2 Å². The summed E-state index contributed by atoms with van der Waals surface area (Å²) in [5, 5.41) is 12.2. The van der Waals surface area contributed by atoms with E-state index in [9.17, 15) is 4.79 Å². The van der Waals surface area contributed by atoms with Crippen molar-refractivity contribution in [3.05, 3.63) is 23.8 Å². The molecule has 0 unspecified atom stereocenters. The molecule has 0 fully saturated rings. The van der Waals surface area contributed by atoms with E-state index in [1.807, 2.05) is 12.1 Å². The van der Waals surface area contributed by atoms with Crippen molar-refractivity contribution in [2.45, 2.75) is 13.3 Å². The van der Waals surface area contributed by atoms with Gasteiger partial charge in [-0.2, -0.15) is 5.26 Å². The average Bonchev–Trinajstić information content (AvgIpc) is 2.35. The summed E-state index contributed by atoms with van der Waals surface area (Å²) in [5.74, 6) is 0.196. The monoisotopic (exact) mass is 229 g/mol. The lowest BCUT2D eigenvalue weighted by atomic mass is 10.1. The fraction of sp³-hybridized carbons (Fsp3) is 0.385. The summed E-state index contributed by atoms with van der Waals surface area (Å²) in [6.07, 6.45) is 0.552. The topological polar surface area (TPSA) is 56.1 Å². The van der Waals surface area contributed by atoms with E-state index in [4.69, 9.17) is 5.26 Å². The minimum atomic E-state index is 0.196. The molecule has 0 radical (unpaired) electrons. The number of rotatable bonds is 3. The van der Waals surface area contributed by atoms with E-state index in [1.54, 1.807) is 13.0 Å². The second-order valence-electron chi connectivity index (χ2n) is 4.21. The van der Waals surface area contributed by atoms with E-state index in [0.29, 0.717) is 12.0 Å². The van der Waals surface area contributed by atoms with E-state index >= 15 is 0 Å². The summed E-state index contributed by atoms with van der Waals surface area (Å²) in [5.41, 5.74) is 2.72. The van der Waals surface area contributed by atoms with Gasteiger partial charge in [-0.25, -0.2) is 0 Å². The Morgan fingerprint density at radius 3 is 3.12 bits per heavy atom. The summed E-state index contributed by atoms with van der Waals surface area (Å²) in [4.78, 5) is 13.2. The molecule has 0 saturated heterocycles. The molecular weight excluding hydrogens is 214 g/mol. The summed E-state index contributed by atoms with van der Waals surface area (Å²) in [7, 11) is 0. The Hall–Kier alpha value is -2.02. The van der Waals surface area contributed by atoms with Crippen LogP contribution in [-0.4, -0.2) is 25.4 Å². The van der Waals surface area contributed by atoms with Crippen molar-refractivity contribution in [2.75, 3.05) is 29.9 Å². The molecule has 0 bridgehead atoms. The Bertz CT molecular complexity index is 476. The van der Waals surface area contributed by atoms with Gasteiger partial charge >= 0.3 is 0 Å². The van der Waals surface area contributed by atoms with Crippen LogP contribution in [0.5, 0.6) is 0 Å². The zero-order valence-electron chi connectivity index (χ0n) is 9.86. The summed E-state index contributed by atoms with van der Waals surface area (Å²) in [6, 6.07) is 7.75. The molecule has 88 valence electrons. The van der Waals surface area contributed by atoms with Crippen molar-refractivity contribution in [1.82, 2.24) is 0 Å². The quantitative estimate of drug-likeness (QED) is 0.858. The molecule has 1 N–H and O–H groups in total. The van der Waals surface area contributed by atoms with Crippen LogP contribution in [0.25, 0.3) is 0 Å². The number of hydrogen-bond acceptors (Lipinski definition) is 4. The first kappa shape index (κ1) is 11.5. The number of hydrogen-bond donors (Lipinski definition) is 1. The molecule has 0 amide bonds. The van der Waals surface area contributed by atoms with Gasteiger partial charge in [-0.1, -0.05) is 0 Å². The van der Waals surface area contributed by atoms with Crippen molar-refractivity contribution in [3.63, 3.8) is 0 Å². The van der Waals surface area contributed by atoms with Crippen molar-refractivity contribution in [3.8, 4) is 6.07 Å². The second-order valence-corrected chi connectivity index (χ2v) is 4.21. The smallest absolute Gasteiger partial charge is 0.131 e. The minimum Gasteiger partial charge on any atom is -0.382 e. The van der Waals surface area contributed by atoms with Crippen molar-refractivity contribution >= 4 is 17.2 Å². The van der Waals surface area contributed by atoms with E-state index < -0.39 is 0 Å². The minimum absolute atomic E-state index is 0.196. The number of carbonyl (C=O) groups is 1. The van der Waals surface area contributed by atoms with Gasteiger partial charge in [0.05, 0.1) is 23.0 Å². The van der Waals surface area contributed by atoms with Gasteiger partial charge in [0, 0.05) is 26.1 Å². The zero-order valence-corrected chi connectivity index (χ0v) is 9.86. The number of carbonyl (C=O) groups excluding carboxylic acids is 1. The normalized spacial score (nSPS) is 13.5. The van der Waals surface area contributed by atoms with Crippen molar-refractivity contribution < 1.29 is 4.79 Å². The van der Waals surface area contributed by atoms with E-state index in [-0.39, 0.29) is 5.78 Å². The van der Waals surface area contributed by atoms with Crippen LogP contribution in [0.3, 0.4) is 0 Å². The number of benzene rings is 1. The van der Waals surface area contributed by atoms with Gasteiger partial charge in [0.2, 0.25) is 0 Å².